The molecule has 2 heterocycles. The molecule has 1 aliphatic rings. The number of ether oxygens (including phenoxy) is 2. The predicted octanol–water partition coefficient (Wildman–Crippen LogP) is 0.493. The van der Waals surface area contributed by atoms with E-state index in [4.69, 9.17) is 15.2 Å². The van der Waals surface area contributed by atoms with Crippen LogP contribution in [0.4, 0.5) is 0 Å². The van der Waals surface area contributed by atoms with E-state index in [-0.39, 0.29) is 6.10 Å². The summed E-state index contributed by atoms with van der Waals surface area (Å²) in [7, 11) is 0. The Labute approximate surface area is 88.6 Å². The first-order valence-electron chi connectivity index (χ1n) is 5.14. The molecule has 2 rings (SSSR count). The van der Waals surface area contributed by atoms with Gasteiger partial charge in [-0.3, -0.25) is 4.98 Å². The number of aromatic nitrogens is 2. The normalized spacial score (nSPS) is 17.7. The summed E-state index contributed by atoms with van der Waals surface area (Å²) in [4.78, 5) is 8.26. The van der Waals surface area contributed by atoms with Crippen LogP contribution in [0.2, 0.25) is 0 Å². The molecule has 0 amide bonds. The summed E-state index contributed by atoms with van der Waals surface area (Å²) in [6.07, 6.45) is 5.23. The van der Waals surface area contributed by atoms with Crippen LogP contribution in [0, 0.1) is 0 Å². The summed E-state index contributed by atoms with van der Waals surface area (Å²) in [5.74, 6) is 0.562. The third-order valence-corrected chi connectivity index (χ3v) is 2.38. The maximum absolute atomic E-state index is 5.74. The third kappa shape index (κ3) is 2.64. The molecule has 1 aromatic rings. The van der Waals surface area contributed by atoms with E-state index >= 15 is 0 Å². The van der Waals surface area contributed by atoms with Gasteiger partial charge in [-0.15, -0.1) is 0 Å². The van der Waals surface area contributed by atoms with Crippen LogP contribution in [-0.2, 0) is 11.3 Å². The van der Waals surface area contributed by atoms with Gasteiger partial charge < -0.3 is 15.2 Å². The van der Waals surface area contributed by atoms with E-state index in [0.717, 1.165) is 26.1 Å². The Bertz CT molecular complexity index is 313. The molecule has 1 fully saturated rings. The molecule has 0 unspecified atom stereocenters. The summed E-state index contributed by atoms with van der Waals surface area (Å²) < 4.78 is 11.0. The Morgan fingerprint density at radius 1 is 1.33 bits per heavy atom. The highest BCUT2D eigenvalue weighted by Gasteiger charge is 2.17. The van der Waals surface area contributed by atoms with Crippen LogP contribution in [0.3, 0.4) is 0 Å². The van der Waals surface area contributed by atoms with Gasteiger partial charge in [0, 0.05) is 31.8 Å². The van der Waals surface area contributed by atoms with Crippen LogP contribution in [0.1, 0.15) is 18.5 Å². The van der Waals surface area contributed by atoms with Crippen molar-refractivity contribution in [2.45, 2.75) is 25.5 Å². The molecule has 82 valence electrons. The smallest absolute Gasteiger partial charge is 0.237 e. The Morgan fingerprint density at radius 3 is 2.80 bits per heavy atom. The van der Waals surface area contributed by atoms with E-state index in [2.05, 4.69) is 9.97 Å². The third-order valence-electron chi connectivity index (χ3n) is 2.38. The van der Waals surface area contributed by atoms with Crippen LogP contribution >= 0.6 is 0 Å². The fourth-order valence-electron chi connectivity index (χ4n) is 1.54. The van der Waals surface area contributed by atoms with Gasteiger partial charge in [-0.05, 0) is 0 Å². The lowest BCUT2D eigenvalue weighted by Crippen LogP contribution is -2.27. The van der Waals surface area contributed by atoms with E-state index in [0.29, 0.717) is 18.1 Å². The quantitative estimate of drug-likeness (QED) is 0.784. The average molecular weight is 209 g/mol. The summed E-state index contributed by atoms with van der Waals surface area (Å²) >= 11 is 0. The van der Waals surface area contributed by atoms with Crippen molar-refractivity contribution in [1.82, 2.24) is 9.97 Å². The predicted molar refractivity (Wildman–Crippen MR) is 54.4 cm³/mol. The fraction of sp³-hybridized carbons (Fsp3) is 0.600. The molecule has 15 heavy (non-hydrogen) atoms. The van der Waals surface area contributed by atoms with Crippen molar-refractivity contribution in [2.75, 3.05) is 13.2 Å². The molecule has 0 saturated carbocycles. The van der Waals surface area contributed by atoms with Crippen LogP contribution in [-0.4, -0.2) is 29.3 Å². The monoisotopic (exact) mass is 209 g/mol. The summed E-state index contributed by atoms with van der Waals surface area (Å²) in [6.45, 7) is 1.86. The van der Waals surface area contributed by atoms with Gasteiger partial charge in [-0.2, -0.15) is 0 Å². The maximum Gasteiger partial charge on any atom is 0.237 e. The summed E-state index contributed by atoms with van der Waals surface area (Å²) in [5.41, 5.74) is 6.26. The van der Waals surface area contributed by atoms with E-state index in [1.807, 2.05) is 0 Å². The van der Waals surface area contributed by atoms with Gasteiger partial charge in [-0.25, -0.2) is 4.98 Å². The molecule has 1 aromatic heterocycles. The largest absolute Gasteiger partial charge is 0.473 e. The van der Waals surface area contributed by atoms with Gasteiger partial charge in [0.2, 0.25) is 5.88 Å². The Hall–Kier alpha value is -1.20. The van der Waals surface area contributed by atoms with Crippen molar-refractivity contribution in [3.05, 3.63) is 18.1 Å². The van der Waals surface area contributed by atoms with E-state index < -0.39 is 0 Å². The lowest BCUT2D eigenvalue weighted by molar-refractivity contribution is 0.0231. The highest BCUT2D eigenvalue weighted by atomic mass is 16.5. The minimum atomic E-state index is 0.181. The van der Waals surface area contributed by atoms with Crippen LogP contribution in [0.5, 0.6) is 5.88 Å². The van der Waals surface area contributed by atoms with Crippen molar-refractivity contribution in [2.24, 2.45) is 5.73 Å². The highest BCUT2D eigenvalue weighted by molar-refractivity contribution is 5.17. The van der Waals surface area contributed by atoms with Crippen molar-refractivity contribution >= 4 is 0 Å². The SMILES string of the molecule is NCc1nccnc1OC1CCOCC1. The van der Waals surface area contributed by atoms with Crippen molar-refractivity contribution in [1.29, 1.82) is 0 Å². The second kappa shape index (κ2) is 5.04. The van der Waals surface area contributed by atoms with Gasteiger partial charge in [0.1, 0.15) is 11.8 Å². The molecule has 0 aromatic carbocycles. The fourth-order valence-corrected chi connectivity index (χ4v) is 1.54. The van der Waals surface area contributed by atoms with Gasteiger partial charge >= 0.3 is 0 Å². The first-order valence-corrected chi connectivity index (χ1v) is 5.14. The van der Waals surface area contributed by atoms with Gasteiger partial charge in [-0.1, -0.05) is 0 Å². The summed E-state index contributed by atoms with van der Waals surface area (Å²) in [5, 5.41) is 0. The summed E-state index contributed by atoms with van der Waals surface area (Å²) in [6, 6.07) is 0. The van der Waals surface area contributed by atoms with Crippen LogP contribution < -0.4 is 10.5 Å². The van der Waals surface area contributed by atoms with E-state index in [1.54, 1.807) is 12.4 Å². The Balaban J connectivity index is 2.02. The molecule has 0 aliphatic carbocycles. The van der Waals surface area contributed by atoms with Gasteiger partial charge in [0.05, 0.1) is 13.2 Å². The number of hydrogen-bond donors (Lipinski definition) is 1. The topological polar surface area (TPSA) is 70.3 Å². The molecule has 5 nitrogen and oxygen atoms in total. The second-order valence-corrected chi connectivity index (χ2v) is 3.44. The molecule has 0 radical (unpaired) electrons. The zero-order chi connectivity index (χ0) is 10.5. The zero-order valence-electron chi connectivity index (χ0n) is 8.56. The first-order chi connectivity index (χ1) is 7.40. The minimum absolute atomic E-state index is 0.181. The minimum Gasteiger partial charge on any atom is -0.473 e. The standard InChI is InChI=1S/C10H15N3O2/c11-7-9-10(13-4-3-12-9)15-8-1-5-14-6-2-8/h3-4,8H,1-2,5-7,11H2. The second-order valence-electron chi connectivity index (χ2n) is 3.44. The molecule has 1 aliphatic heterocycles. The molecule has 0 spiro atoms. The van der Waals surface area contributed by atoms with E-state index in [9.17, 15) is 0 Å². The average Bonchev–Trinajstić information content (AvgIpc) is 2.31. The van der Waals surface area contributed by atoms with Crippen LogP contribution in [0.15, 0.2) is 12.4 Å². The molecular weight excluding hydrogens is 194 g/mol. The highest BCUT2D eigenvalue weighted by Crippen LogP contribution is 2.17. The Kier molecular flexibility index (Phi) is 3.47. The molecule has 5 heteroatoms. The number of hydrogen-bond acceptors (Lipinski definition) is 5. The number of nitrogens with two attached hydrogens (primary N) is 1. The lowest BCUT2D eigenvalue weighted by Gasteiger charge is -2.23. The van der Waals surface area contributed by atoms with Crippen molar-refractivity contribution in [3.63, 3.8) is 0 Å². The first kappa shape index (κ1) is 10.3. The van der Waals surface area contributed by atoms with Crippen LogP contribution in [0.25, 0.3) is 0 Å². The number of nitrogens with zero attached hydrogens (tertiary/aromatic N) is 2. The Morgan fingerprint density at radius 2 is 2.07 bits per heavy atom. The molecule has 0 atom stereocenters. The number of rotatable bonds is 3. The van der Waals surface area contributed by atoms with Gasteiger partial charge in [0.25, 0.3) is 0 Å². The molecular formula is C10H15N3O2. The zero-order valence-corrected chi connectivity index (χ0v) is 8.56. The van der Waals surface area contributed by atoms with E-state index in [1.165, 1.54) is 0 Å². The lowest BCUT2D eigenvalue weighted by atomic mass is 10.1. The van der Waals surface area contributed by atoms with Crippen molar-refractivity contribution < 1.29 is 9.47 Å². The van der Waals surface area contributed by atoms with Crippen molar-refractivity contribution in [3.8, 4) is 5.88 Å². The molecule has 0 bridgehead atoms. The molecule has 1 saturated heterocycles. The maximum atomic E-state index is 5.74. The molecule has 2 N–H and O–H groups in total. The van der Waals surface area contributed by atoms with Gasteiger partial charge in [0.15, 0.2) is 0 Å².